The van der Waals surface area contributed by atoms with E-state index in [2.05, 4.69) is 11.9 Å². The molecule has 1 aliphatic heterocycles. The van der Waals surface area contributed by atoms with Crippen LogP contribution in [0.25, 0.3) is 11.1 Å². The molecule has 0 saturated heterocycles. The molecule has 1 heterocycles. The van der Waals surface area contributed by atoms with Crippen molar-refractivity contribution in [3.63, 3.8) is 0 Å². The van der Waals surface area contributed by atoms with E-state index in [1.54, 1.807) is 4.90 Å². The first-order chi connectivity index (χ1) is 16.6. The molecule has 3 aromatic carbocycles. The third kappa shape index (κ3) is 5.54. The maximum atomic E-state index is 13.1. The smallest absolute Gasteiger partial charge is 0.454 e. The lowest BCUT2D eigenvalue weighted by Gasteiger charge is -2.20. The Morgan fingerprint density at radius 3 is 2.34 bits per heavy atom. The number of hydrogen-bond donors (Lipinski definition) is 1. The summed E-state index contributed by atoms with van der Waals surface area (Å²) in [7, 11) is 0. The maximum Gasteiger partial charge on any atom is 0.454 e. The van der Waals surface area contributed by atoms with Crippen molar-refractivity contribution in [1.82, 2.24) is 4.90 Å². The van der Waals surface area contributed by atoms with Crippen molar-refractivity contribution < 1.29 is 27.5 Å². The summed E-state index contributed by atoms with van der Waals surface area (Å²) in [5.74, 6) is -1.62. The summed E-state index contributed by atoms with van der Waals surface area (Å²) in [4.78, 5) is 26.1. The normalized spacial score (nSPS) is 13.3. The second-order valence-corrected chi connectivity index (χ2v) is 8.29. The molecule has 3 aromatic rings. The number of ether oxygens (including phenoxy) is 1. The van der Waals surface area contributed by atoms with Crippen molar-refractivity contribution in [2.75, 3.05) is 18.5 Å². The lowest BCUT2D eigenvalue weighted by molar-refractivity contribution is -0.0885. The molecule has 0 fully saturated rings. The predicted molar refractivity (Wildman–Crippen MR) is 127 cm³/mol. The zero-order chi connectivity index (χ0) is 25.2. The SMILES string of the molecule is C=C(C)Nc1cccc(-c2ccc3c(c2)CN(C(=O)c2ccc(C(=O)C(F)(F)F)cc2)CCO3)c1. The first-order valence-electron chi connectivity index (χ1n) is 10.9. The number of ketones is 1. The summed E-state index contributed by atoms with van der Waals surface area (Å²) < 4.78 is 43.8. The Kier molecular flexibility index (Phi) is 6.64. The third-order valence-corrected chi connectivity index (χ3v) is 5.53. The largest absolute Gasteiger partial charge is 0.491 e. The van der Waals surface area contributed by atoms with E-state index in [4.69, 9.17) is 4.74 Å². The number of alkyl halides is 3. The highest BCUT2D eigenvalue weighted by molar-refractivity contribution is 6.01. The van der Waals surface area contributed by atoms with Gasteiger partial charge in [0.25, 0.3) is 11.7 Å². The first kappa shape index (κ1) is 24.1. The summed E-state index contributed by atoms with van der Waals surface area (Å²) in [6.45, 7) is 6.60. The van der Waals surface area contributed by atoms with Crippen molar-refractivity contribution in [2.24, 2.45) is 0 Å². The molecule has 0 radical (unpaired) electrons. The molecule has 8 heteroatoms. The van der Waals surface area contributed by atoms with Gasteiger partial charge in [-0.05, 0) is 54.4 Å². The third-order valence-electron chi connectivity index (χ3n) is 5.53. The van der Waals surface area contributed by atoms with E-state index < -0.39 is 17.5 Å². The number of allylic oxidation sites excluding steroid dienone is 1. The number of carbonyl (C=O) groups is 2. The van der Waals surface area contributed by atoms with Gasteiger partial charge in [0.05, 0.1) is 6.54 Å². The minimum Gasteiger partial charge on any atom is -0.491 e. The quantitative estimate of drug-likeness (QED) is 0.450. The minimum absolute atomic E-state index is 0.196. The Morgan fingerprint density at radius 2 is 1.66 bits per heavy atom. The summed E-state index contributed by atoms with van der Waals surface area (Å²) >= 11 is 0. The van der Waals surface area contributed by atoms with Crippen LogP contribution in [0.15, 0.2) is 79.0 Å². The second-order valence-electron chi connectivity index (χ2n) is 8.29. The number of Topliss-reactive ketones (excluding diaryl/α,β-unsaturated/α-hetero) is 1. The number of fused-ring (bicyclic) bond motifs is 1. The molecule has 0 saturated carbocycles. The number of hydrogen-bond acceptors (Lipinski definition) is 4. The number of nitrogens with zero attached hydrogens (tertiary/aromatic N) is 1. The number of halogens is 3. The van der Waals surface area contributed by atoms with Crippen LogP contribution < -0.4 is 10.1 Å². The van der Waals surface area contributed by atoms with Crippen LogP contribution >= 0.6 is 0 Å². The number of carbonyl (C=O) groups excluding carboxylic acids is 2. The fourth-order valence-electron chi connectivity index (χ4n) is 3.88. The Balaban J connectivity index is 1.56. The Morgan fingerprint density at radius 1 is 0.971 bits per heavy atom. The molecule has 0 aromatic heterocycles. The molecule has 4 rings (SSSR count). The summed E-state index contributed by atoms with van der Waals surface area (Å²) in [6.07, 6.45) is -4.96. The average molecular weight is 480 g/mol. The van der Waals surface area contributed by atoms with Crippen LogP contribution in [-0.2, 0) is 6.54 Å². The average Bonchev–Trinajstić information content (AvgIpc) is 3.04. The minimum atomic E-state index is -4.96. The van der Waals surface area contributed by atoms with E-state index in [1.807, 2.05) is 49.4 Å². The summed E-state index contributed by atoms with van der Waals surface area (Å²) in [6, 6.07) is 18.2. The molecule has 1 aliphatic rings. The number of rotatable bonds is 5. The van der Waals surface area contributed by atoms with E-state index in [1.165, 1.54) is 12.1 Å². The van der Waals surface area contributed by atoms with E-state index in [0.29, 0.717) is 12.3 Å². The van der Waals surface area contributed by atoms with Gasteiger partial charge in [0.15, 0.2) is 0 Å². The van der Waals surface area contributed by atoms with Gasteiger partial charge in [-0.2, -0.15) is 13.2 Å². The molecule has 35 heavy (non-hydrogen) atoms. The molecule has 1 amide bonds. The van der Waals surface area contributed by atoms with Gasteiger partial charge in [-0.15, -0.1) is 0 Å². The van der Waals surface area contributed by atoms with Crippen LogP contribution in [0.3, 0.4) is 0 Å². The van der Waals surface area contributed by atoms with Gasteiger partial charge in [-0.25, -0.2) is 0 Å². The zero-order valence-electron chi connectivity index (χ0n) is 19.0. The van der Waals surface area contributed by atoms with Gasteiger partial charge in [0.1, 0.15) is 12.4 Å². The highest BCUT2D eigenvalue weighted by Crippen LogP contribution is 2.31. The fourth-order valence-corrected chi connectivity index (χ4v) is 3.88. The maximum absolute atomic E-state index is 13.1. The molecule has 0 unspecified atom stereocenters. The van der Waals surface area contributed by atoms with Gasteiger partial charge in [-0.1, -0.05) is 36.9 Å². The molecule has 180 valence electrons. The van der Waals surface area contributed by atoms with E-state index in [9.17, 15) is 22.8 Å². The molecular formula is C27H23F3N2O3. The predicted octanol–water partition coefficient (Wildman–Crippen LogP) is 6.08. The first-order valence-corrected chi connectivity index (χ1v) is 10.9. The highest BCUT2D eigenvalue weighted by Gasteiger charge is 2.39. The van der Waals surface area contributed by atoms with E-state index >= 15 is 0 Å². The molecule has 1 N–H and O–H groups in total. The van der Waals surface area contributed by atoms with Gasteiger partial charge in [0, 0.05) is 34.6 Å². The summed E-state index contributed by atoms with van der Waals surface area (Å²) in [5, 5.41) is 3.19. The summed E-state index contributed by atoms with van der Waals surface area (Å²) in [5.41, 5.74) is 4.16. The van der Waals surface area contributed by atoms with Gasteiger partial charge < -0.3 is 15.0 Å². The van der Waals surface area contributed by atoms with Crippen LogP contribution in [0, 0.1) is 0 Å². The van der Waals surface area contributed by atoms with Crippen LogP contribution in [0.2, 0.25) is 0 Å². The highest BCUT2D eigenvalue weighted by atomic mass is 19.4. The van der Waals surface area contributed by atoms with Crippen molar-refractivity contribution in [1.29, 1.82) is 0 Å². The van der Waals surface area contributed by atoms with Crippen molar-refractivity contribution in [3.8, 4) is 16.9 Å². The molecular weight excluding hydrogens is 457 g/mol. The topological polar surface area (TPSA) is 58.6 Å². The van der Waals surface area contributed by atoms with Crippen molar-refractivity contribution in [2.45, 2.75) is 19.6 Å². The number of benzene rings is 3. The Hall–Kier alpha value is -4.07. The Labute approximate surface area is 200 Å². The van der Waals surface area contributed by atoms with Gasteiger partial charge in [0.2, 0.25) is 0 Å². The van der Waals surface area contributed by atoms with Crippen LogP contribution in [0.1, 0.15) is 33.2 Å². The van der Waals surface area contributed by atoms with Gasteiger partial charge >= 0.3 is 6.18 Å². The lowest BCUT2D eigenvalue weighted by atomic mass is 10.0. The van der Waals surface area contributed by atoms with Crippen molar-refractivity contribution >= 4 is 17.4 Å². The van der Waals surface area contributed by atoms with Crippen LogP contribution in [-0.4, -0.2) is 35.9 Å². The van der Waals surface area contributed by atoms with Crippen LogP contribution in [0.5, 0.6) is 5.75 Å². The van der Waals surface area contributed by atoms with Crippen molar-refractivity contribution in [3.05, 3.63) is 95.7 Å². The van der Waals surface area contributed by atoms with E-state index in [-0.39, 0.29) is 24.6 Å². The second kappa shape index (κ2) is 9.66. The Bertz CT molecular complexity index is 1280. The number of amides is 1. The van der Waals surface area contributed by atoms with Gasteiger partial charge in [-0.3, -0.25) is 9.59 Å². The molecule has 0 atom stereocenters. The number of anilines is 1. The molecule has 0 aliphatic carbocycles. The molecule has 0 spiro atoms. The fraction of sp³-hybridized carbons (Fsp3) is 0.185. The molecule has 5 nitrogen and oxygen atoms in total. The standard InChI is InChI=1S/C27H23F3N2O3/c1-17(2)31-23-5-3-4-20(15-23)21-10-11-24-22(14-21)16-32(12-13-35-24)26(34)19-8-6-18(7-9-19)25(33)27(28,29)30/h3-11,14-15,31H,1,12-13,16H2,2H3. The molecule has 0 bridgehead atoms. The lowest BCUT2D eigenvalue weighted by Crippen LogP contribution is -2.32. The number of nitrogens with one attached hydrogen (secondary N) is 1. The monoisotopic (exact) mass is 480 g/mol. The van der Waals surface area contributed by atoms with Crippen LogP contribution in [0.4, 0.5) is 18.9 Å². The van der Waals surface area contributed by atoms with E-state index in [0.717, 1.165) is 40.2 Å². The zero-order valence-corrected chi connectivity index (χ0v) is 19.0.